The Morgan fingerprint density at radius 1 is 1.41 bits per heavy atom. The van der Waals surface area contributed by atoms with Crippen LogP contribution in [0.4, 0.5) is 4.79 Å². The van der Waals surface area contributed by atoms with E-state index in [-0.39, 0.29) is 6.10 Å². The lowest BCUT2D eigenvalue weighted by Gasteiger charge is -2.50. The van der Waals surface area contributed by atoms with Crippen LogP contribution in [0.3, 0.4) is 0 Å². The molecule has 0 saturated carbocycles. The highest BCUT2D eigenvalue weighted by Gasteiger charge is 2.46. The smallest absolute Gasteiger partial charge is 0.419 e. The van der Waals surface area contributed by atoms with Crippen LogP contribution in [0.25, 0.3) is 0 Å². The van der Waals surface area contributed by atoms with E-state index in [4.69, 9.17) is 11.2 Å². The van der Waals surface area contributed by atoms with E-state index in [0.29, 0.717) is 12.8 Å². The summed E-state index contributed by atoms with van der Waals surface area (Å²) in [7, 11) is 0. The first kappa shape index (κ1) is 13.8. The van der Waals surface area contributed by atoms with Gasteiger partial charge in [-0.15, -0.1) is 0 Å². The summed E-state index contributed by atoms with van der Waals surface area (Å²) in [6.07, 6.45) is 5.21. The van der Waals surface area contributed by atoms with Crippen LogP contribution in [0, 0.1) is 12.5 Å². The number of carbonyl (C=O) groups is 1. The summed E-state index contributed by atoms with van der Waals surface area (Å²) in [6.45, 7) is 7.62. The number of terminal acetylenes is 1. The molecule has 0 atom stereocenters. The summed E-state index contributed by atoms with van der Waals surface area (Å²) in [6, 6.07) is 2.02. The topological polar surface area (TPSA) is 61.8 Å². The van der Waals surface area contributed by atoms with Gasteiger partial charge >= 0.3 is 6.09 Å². The molecule has 1 amide bonds. The molecule has 1 heterocycles. The van der Waals surface area contributed by atoms with Gasteiger partial charge in [0.15, 0.2) is 0 Å². The summed E-state index contributed by atoms with van der Waals surface area (Å²) < 4.78 is 5.22. The van der Waals surface area contributed by atoms with Crippen molar-refractivity contribution < 1.29 is 14.7 Å². The van der Waals surface area contributed by atoms with Crippen molar-refractivity contribution in [2.24, 2.45) is 0 Å². The standard InChI is InChI=1S/C12H20N2O3/c1-6-13-10(15)17-9-7-11(2,3)14(16)12(4,5)8-9/h1,9,16H,7-8H2,2-5H3,(H,13,15). The Morgan fingerprint density at radius 2 is 1.88 bits per heavy atom. The summed E-state index contributed by atoms with van der Waals surface area (Å²) >= 11 is 0. The molecule has 2 N–H and O–H groups in total. The minimum absolute atomic E-state index is 0.253. The van der Waals surface area contributed by atoms with Gasteiger partial charge in [-0.05, 0) is 27.7 Å². The largest absolute Gasteiger partial charge is 0.445 e. The van der Waals surface area contributed by atoms with Crippen molar-refractivity contribution in [3.8, 4) is 12.5 Å². The van der Waals surface area contributed by atoms with Crippen LogP contribution in [0.5, 0.6) is 0 Å². The Labute approximate surface area is 102 Å². The average Bonchev–Trinajstić information content (AvgIpc) is 2.13. The second kappa shape index (κ2) is 4.55. The fraction of sp³-hybridized carbons (Fsp3) is 0.750. The van der Waals surface area contributed by atoms with Crippen LogP contribution in [0.2, 0.25) is 0 Å². The van der Waals surface area contributed by atoms with Crippen molar-refractivity contribution in [1.82, 2.24) is 10.4 Å². The van der Waals surface area contributed by atoms with Crippen molar-refractivity contribution in [2.45, 2.75) is 57.7 Å². The first-order valence-corrected chi connectivity index (χ1v) is 5.60. The summed E-state index contributed by atoms with van der Waals surface area (Å²) in [5, 5.41) is 13.5. The van der Waals surface area contributed by atoms with Gasteiger partial charge in [0.05, 0.1) is 0 Å². The van der Waals surface area contributed by atoms with E-state index in [9.17, 15) is 10.0 Å². The predicted octanol–water partition coefficient (Wildman–Crippen LogP) is 1.71. The maximum atomic E-state index is 11.3. The number of nitrogens with zero attached hydrogens (tertiary/aromatic N) is 1. The van der Waals surface area contributed by atoms with Gasteiger partial charge in [0.25, 0.3) is 0 Å². The van der Waals surface area contributed by atoms with Crippen molar-refractivity contribution in [1.29, 1.82) is 0 Å². The Morgan fingerprint density at radius 3 is 2.29 bits per heavy atom. The highest BCUT2D eigenvalue weighted by molar-refractivity contribution is 5.69. The molecule has 1 saturated heterocycles. The van der Waals surface area contributed by atoms with Crippen molar-refractivity contribution in [3.63, 3.8) is 0 Å². The van der Waals surface area contributed by atoms with Gasteiger partial charge in [0.2, 0.25) is 0 Å². The second-order valence-corrected chi connectivity index (χ2v) is 5.64. The summed E-state index contributed by atoms with van der Waals surface area (Å²) in [5.74, 6) is 0. The number of rotatable bonds is 1. The van der Waals surface area contributed by atoms with Gasteiger partial charge in [-0.2, -0.15) is 5.06 Å². The fourth-order valence-corrected chi connectivity index (χ4v) is 2.50. The molecular formula is C12H20N2O3. The van der Waals surface area contributed by atoms with E-state index in [1.165, 1.54) is 5.06 Å². The number of hydroxylamine groups is 2. The molecule has 5 heteroatoms. The van der Waals surface area contributed by atoms with Crippen LogP contribution < -0.4 is 5.32 Å². The van der Waals surface area contributed by atoms with E-state index in [2.05, 4.69) is 5.32 Å². The van der Waals surface area contributed by atoms with Crippen molar-refractivity contribution in [3.05, 3.63) is 0 Å². The first-order chi connectivity index (χ1) is 7.69. The number of nitrogens with one attached hydrogen (secondary N) is 1. The molecular weight excluding hydrogens is 220 g/mol. The Balaban J connectivity index is 2.72. The molecule has 17 heavy (non-hydrogen) atoms. The van der Waals surface area contributed by atoms with Gasteiger partial charge < -0.3 is 9.94 Å². The highest BCUT2D eigenvalue weighted by atomic mass is 16.6. The molecule has 0 bridgehead atoms. The third-order valence-corrected chi connectivity index (χ3v) is 3.05. The number of hydrogen-bond donors (Lipinski definition) is 2. The molecule has 5 nitrogen and oxygen atoms in total. The van der Waals surface area contributed by atoms with Crippen LogP contribution in [0.1, 0.15) is 40.5 Å². The van der Waals surface area contributed by atoms with Crippen LogP contribution in [-0.4, -0.2) is 33.5 Å². The quantitative estimate of drug-likeness (QED) is 0.541. The molecule has 1 fully saturated rings. The minimum atomic E-state index is -0.615. The maximum absolute atomic E-state index is 11.3. The lowest BCUT2D eigenvalue weighted by molar-refractivity contribution is -0.256. The lowest BCUT2D eigenvalue weighted by Crippen LogP contribution is -2.60. The summed E-state index contributed by atoms with van der Waals surface area (Å²) in [5.41, 5.74) is -0.883. The Kier molecular flexibility index (Phi) is 3.70. The molecule has 0 unspecified atom stereocenters. The molecule has 0 aromatic heterocycles. The highest BCUT2D eigenvalue weighted by Crippen LogP contribution is 2.37. The first-order valence-electron chi connectivity index (χ1n) is 5.60. The number of carbonyl (C=O) groups excluding carboxylic acids is 1. The van der Waals surface area contributed by atoms with E-state index in [0.717, 1.165) is 0 Å². The van der Waals surface area contributed by atoms with Crippen LogP contribution >= 0.6 is 0 Å². The lowest BCUT2D eigenvalue weighted by atomic mass is 9.80. The third-order valence-electron chi connectivity index (χ3n) is 3.05. The number of piperidine rings is 1. The van der Waals surface area contributed by atoms with Gasteiger partial charge in [-0.25, -0.2) is 10.1 Å². The molecule has 96 valence electrons. The normalized spacial score (nSPS) is 23.8. The molecule has 0 radical (unpaired) electrons. The molecule has 0 aliphatic carbocycles. The Bertz CT molecular complexity index is 326. The zero-order chi connectivity index (χ0) is 13.3. The van der Waals surface area contributed by atoms with Gasteiger partial charge in [-0.1, -0.05) is 6.42 Å². The van der Waals surface area contributed by atoms with Crippen LogP contribution in [-0.2, 0) is 4.74 Å². The van der Waals surface area contributed by atoms with Gasteiger partial charge in [0.1, 0.15) is 6.10 Å². The van der Waals surface area contributed by atoms with Gasteiger partial charge in [-0.3, -0.25) is 0 Å². The minimum Gasteiger partial charge on any atom is -0.445 e. The number of ether oxygens (including phenoxy) is 1. The molecule has 1 aliphatic heterocycles. The fourth-order valence-electron chi connectivity index (χ4n) is 2.50. The molecule has 0 aromatic carbocycles. The van der Waals surface area contributed by atoms with E-state index in [1.807, 2.05) is 33.7 Å². The number of alkyl carbamates (subject to hydrolysis) is 1. The molecule has 0 spiro atoms. The van der Waals surface area contributed by atoms with E-state index >= 15 is 0 Å². The maximum Gasteiger partial charge on any atom is 0.419 e. The zero-order valence-corrected chi connectivity index (χ0v) is 10.8. The average molecular weight is 240 g/mol. The number of amides is 1. The molecule has 1 aliphatic rings. The van der Waals surface area contributed by atoms with E-state index in [1.54, 1.807) is 0 Å². The second-order valence-electron chi connectivity index (χ2n) is 5.64. The number of hydrogen-bond acceptors (Lipinski definition) is 4. The zero-order valence-electron chi connectivity index (χ0n) is 10.8. The third kappa shape index (κ3) is 3.11. The molecule has 1 rings (SSSR count). The SMILES string of the molecule is C#CNC(=O)OC1CC(C)(C)N(O)C(C)(C)C1. The van der Waals surface area contributed by atoms with Crippen LogP contribution in [0.15, 0.2) is 0 Å². The Hall–Kier alpha value is -1.25. The van der Waals surface area contributed by atoms with E-state index < -0.39 is 17.2 Å². The monoisotopic (exact) mass is 240 g/mol. The van der Waals surface area contributed by atoms with Gasteiger partial charge in [0, 0.05) is 30.0 Å². The van der Waals surface area contributed by atoms with Crippen molar-refractivity contribution in [2.75, 3.05) is 0 Å². The summed E-state index contributed by atoms with van der Waals surface area (Å²) in [4.78, 5) is 11.3. The molecule has 0 aromatic rings. The predicted molar refractivity (Wildman–Crippen MR) is 63.3 cm³/mol. The van der Waals surface area contributed by atoms with Crippen molar-refractivity contribution >= 4 is 6.09 Å².